The van der Waals surface area contributed by atoms with Crippen LogP contribution in [0.1, 0.15) is 35.5 Å². The number of thioether (sulfide) groups is 1. The number of nitrogens with one attached hydrogen (secondary N) is 1. The molecular weight excluding hydrogens is 372 g/mol. The van der Waals surface area contributed by atoms with Crippen molar-refractivity contribution in [3.63, 3.8) is 0 Å². The molecule has 1 aromatic heterocycles. The Labute approximate surface area is 168 Å². The number of aryl methyl sites for hydroxylation is 1. The molecule has 1 aliphatic carbocycles. The molecule has 0 saturated heterocycles. The fourth-order valence-corrected chi connectivity index (χ4v) is 4.25. The number of aromatic nitrogens is 3. The largest absolute Gasteiger partial charge is 0.497 e. The molecule has 144 valence electrons. The van der Waals surface area contributed by atoms with Gasteiger partial charge >= 0.3 is 0 Å². The van der Waals surface area contributed by atoms with Gasteiger partial charge in [-0.1, -0.05) is 48.2 Å². The summed E-state index contributed by atoms with van der Waals surface area (Å²) in [6, 6.07) is 17.6. The molecule has 1 amide bonds. The molecule has 28 heavy (non-hydrogen) atoms. The smallest absolute Gasteiger partial charge is 0.242 e. The molecule has 6 nitrogen and oxygen atoms in total. The summed E-state index contributed by atoms with van der Waals surface area (Å²) in [4.78, 5) is 13.2. The summed E-state index contributed by atoms with van der Waals surface area (Å²) < 4.78 is 7.40. The average Bonchev–Trinajstić information content (AvgIpc) is 3.49. The number of anilines is 1. The van der Waals surface area contributed by atoms with E-state index in [0.29, 0.717) is 17.5 Å². The molecule has 7 heteroatoms. The summed E-state index contributed by atoms with van der Waals surface area (Å²) in [6.45, 7) is 1.96. The number of nitrogens with zero attached hydrogens (tertiary/aromatic N) is 3. The SMILES string of the molecule is COc1cccc(NC(=O)[C@@H](Sc2nnc(C)n2C2CC2)c2ccccc2)c1. The first-order valence-electron chi connectivity index (χ1n) is 9.23. The van der Waals surface area contributed by atoms with Crippen LogP contribution in [0.3, 0.4) is 0 Å². The molecular formula is C21H22N4O2S. The highest BCUT2D eigenvalue weighted by Gasteiger charge is 2.31. The zero-order valence-corrected chi connectivity index (χ0v) is 16.6. The molecule has 1 heterocycles. The van der Waals surface area contributed by atoms with Crippen molar-refractivity contribution in [2.24, 2.45) is 0 Å². The topological polar surface area (TPSA) is 69.0 Å². The standard InChI is InChI=1S/C21H22N4O2S/c1-14-23-24-21(25(14)17-11-12-17)28-19(15-7-4-3-5-8-15)20(26)22-16-9-6-10-18(13-16)27-2/h3-10,13,17,19H,11-12H2,1-2H3,(H,22,26)/t19-/m0/s1. The minimum Gasteiger partial charge on any atom is -0.497 e. The van der Waals surface area contributed by atoms with Gasteiger partial charge in [0.2, 0.25) is 5.91 Å². The molecule has 3 aromatic rings. The van der Waals surface area contributed by atoms with Crippen LogP contribution in [0.2, 0.25) is 0 Å². The lowest BCUT2D eigenvalue weighted by atomic mass is 10.1. The fourth-order valence-electron chi connectivity index (χ4n) is 3.10. The number of hydrogen-bond acceptors (Lipinski definition) is 5. The van der Waals surface area contributed by atoms with Crippen LogP contribution >= 0.6 is 11.8 Å². The van der Waals surface area contributed by atoms with Crippen LogP contribution in [0.25, 0.3) is 0 Å². The van der Waals surface area contributed by atoms with Crippen LogP contribution in [-0.4, -0.2) is 27.8 Å². The van der Waals surface area contributed by atoms with Gasteiger partial charge in [-0.25, -0.2) is 0 Å². The fraction of sp³-hybridized carbons (Fsp3) is 0.286. The second-order valence-electron chi connectivity index (χ2n) is 6.76. The maximum Gasteiger partial charge on any atom is 0.242 e. The lowest BCUT2D eigenvalue weighted by Crippen LogP contribution is -2.19. The Balaban J connectivity index is 1.61. The second-order valence-corrected chi connectivity index (χ2v) is 7.83. The maximum absolute atomic E-state index is 13.2. The van der Waals surface area contributed by atoms with E-state index in [0.717, 1.165) is 29.4 Å². The van der Waals surface area contributed by atoms with E-state index in [1.807, 2.05) is 61.5 Å². The van der Waals surface area contributed by atoms with Crippen LogP contribution in [0.4, 0.5) is 5.69 Å². The molecule has 0 radical (unpaired) electrons. The molecule has 2 aromatic carbocycles. The number of benzene rings is 2. The van der Waals surface area contributed by atoms with Crippen molar-refractivity contribution < 1.29 is 9.53 Å². The van der Waals surface area contributed by atoms with E-state index in [1.165, 1.54) is 11.8 Å². The number of carbonyl (C=O) groups excluding carboxylic acids is 1. The zero-order valence-electron chi connectivity index (χ0n) is 15.8. The van der Waals surface area contributed by atoms with Gasteiger partial charge in [0.15, 0.2) is 5.16 Å². The van der Waals surface area contributed by atoms with Crippen LogP contribution < -0.4 is 10.1 Å². The first kappa shape index (κ1) is 18.6. The summed E-state index contributed by atoms with van der Waals surface area (Å²) in [6.07, 6.45) is 2.27. The van der Waals surface area contributed by atoms with Gasteiger partial charge in [-0.2, -0.15) is 0 Å². The Morgan fingerprint density at radius 3 is 2.68 bits per heavy atom. The normalized spacial score (nSPS) is 14.5. The van der Waals surface area contributed by atoms with Gasteiger partial charge in [0.05, 0.1) is 7.11 Å². The van der Waals surface area contributed by atoms with E-state index in [9.17, 15) is 4.79 Å². The number of amides is 1. The van der Waals surface area contributed by atoms with Crippen LogP contribution in [-0.2, 0) is 4.79 Å². The van der Waals surface area contributed by atoms with Crippen LogP contribution in [0.5, 0.6) is 5.75 Å². The van der Waals surface area contributed by atoms with Crippen molar-refractivity contribution in [1.82, 2.24) is 14.8 Å². The number of ether oxygens (including phenoxy) is 1. The molecule has 1 saturated carbocycles. The first-order valence-corrected chi connectivity index (χ1v) is 10.1. The molecule has 0 aliphatic heterocycles. The van der Waals surface area contributed by atoms with Crippen molar-refractivity contribution in [2.45, 2.75) is 36.2 Å². The van der Waals surface area contributed by atoms with E-state index in [4.69, 9.17) is 4.74 Å². The summed E-state index contributed by atoms with van der Waals surface area (Å²) in [5, 5.41) is 11.9. The Morgan fingerprint density at radius 1 is 1.18 bits per heavy atom. The molecule has 1 fully saturated rings. The third-order valence-corrected chi connectivity index (χ3v) is 5.86. The van der Waals surface area contributed by atoms with Gasteiger partial charge in [0.25, 0.3) is 0 Å². The van der Waals surface area contributed by atoms with E-state index in [2.05, 4.69) is 20.1 Å². The minimum atomic E-state index is -0.437. The van der Waals surface area contributed by atoms with Crippen LogP contribution in [0, 0.1) is 6.92 Å². The Hall–Kier alpha value is -2.80. The summed E-state index contributed by atoms with van der Waals surface area (Å²) in [5.74, 6) is 1.49. The predicted molar refractivity (Wildman–Crippen MR) is 110 cm³/mol. The van der Waals surface area contributed by atoms with Crippen molar-refractivity contribution in [2.75, 3.05) is 12.4 Å². The lowest BCUT2D eigenvalue weighted by molar-refractivity contribution is -0.115. The van der Waals surface area contributed by atoms with Gasteiger partial charge in [-0.3, -0.25) is 4.79 Å². The van der Waals surface area contributed by atoms with Crippen molar-refractivity contribution >= 4 is 23.4 Å². The van der Waals surface area contributed by atoms with Gasteiger partial charge in [0.1, 0.15) is 16.8 Å². The molecule has 0 bridgehead atoms. The maximum atomic E-state index is 13.2. The highest BCUT2D eigenvalue weighted by atomic mass is 32.2. The quantitative estimate of drug-likeness (QED) is 0.602. The highest BCUT2D eigenvalue weighted by Crippen LogP contribution is 2.42. The van der Waals surface area contributed by atoms with E-state index in [-0.39, 0.29) is 5.91 Å². The first-order chi connectivity index (χ1) is 13.7. The van der Waals surface area contributed by atoms with Crippen molar-refractivity contribution in [1.29, 1.82) is 0 Å². The van der Waals surface area contributed by atoms with Crippen molar-refractivity contribution in [3.8, 4) is 5.75 Å². The molecule has 4 rings (SSSR count). The summed E-state index contributed by atoms with van der Waals surface area (Å²) in [7, 11) is 1.61. The van der Waals surface area contributed by atoms with E-state index >= 15 is 0 Å². The predicted octanol–water partition coefficient (Wildman–Crippen LogP) is 4.40. The van der Waals surface area contributed by atoms with Crippen molar-refractivity contribution in [3.05, 3.63) is 66.0 Å². The summed E-state index contributed by atoms with van der Waals surface area (Å²) in [5.41, 5.74) is 1.63. The molecule has 1 aliphatic rings. The zero-order chi connectivity index (χ0) is 19.5. The highest BCUT2D eigenvalue weighted by molar-refractivity contribution is 8.00. The minimum absolute atomic E-state index is 0.104. The van der Waals surface area contributed by atoms with Gasteiger partial charge in [-0.05, 0) is 37.5 Å². The molecule has 1 N–H and O–H groups in total. The molecule has 0 unspecified atom stereocenters. The van der Waals surface area contributed by atoms with Crippen LogP contribution in [0.15, 0.2) is 59.8 Å². The Kier molecular flexibility index (Phi) is 5.34. The lowest BCUT2D eigenvalue weighted by Gasteiger charge is -2.17. The number of carbonyl (C=O) groups is 1. The number of methoxy groups -OCH3 is 1. The van der Waals surface area contributed by atoms with Gasteiger partial charge in [-0.15, -0.1) is 10.2 Å². The summed E-state index contributed by atoms with van der Waals surface area (Å²) >= 11 is 1.44. The van der Waals surface area contributed by atoms with Gasteiger partial charge in [0, 0.05) is 17.8 Å². The van der Waals surface area contributed by atoms with E-state index < -0.39 is 5.25 Å². The third-order valence-electron chi connectivity index (χ3n) is 4.65. The third kappa shape index (κ3) is 4.04. The van der Waals surface area contributed by atoms with E-state index in [1.54, 1.807) is 7.11 Å². The molecule has 1 atom stereocenters. The number of hydrogen-bond donors (Lipinski definition) is 1. The Bertz CT molecular complexity index is 970. The average molecular weight is 395 g/mol. The number of rotatable bonds is 7. The second kappa shape index (κ2) is 8.06. The Morgan fingerprint density at radius 2 is 1.96 bits per heavy atom. The molecule has 0 spiro atoms. The monoisotopic (exact) mass is 394 g/mol. The van der Waals surface area contributed by atoms with Gasteiger partial charge < -0.3 is 14.6 Å².